The molecule has 0 heterocycles. The summed E-state index contributed by atoms with van der Waals surface area (Å²) in [5.74, 6) is -0.367. The number of aliphatic hydroxyl groups excluding tert-OH is 2. The summed E-state index contributed by atoms with van der Waals surface area (Å²) in [5, 5.41) is 19.2. The number of methoxy groups -OCH3 is 2. The maximum Gasteiger partial charge on any atom is 0.341 e. The molecule has 6 heteroatoms. The summed E-state index contributed by atoms with van der Waals surface area (Å²) >= 11 is 5.46. The molecule has 0 bridgehead atoms. The second kappa shape index (κ2) is 6.58. The van der Waals surface area contributed by atoms with Crippen molar-refractivity contribution in [2.75, 3.05) is 20.1 Å². The second-order valence-corrected chi connectivity index (χ2v) is 3.93. The highest BCUT2D eigenvalue weighted by Crippen LogP contribution is 2.26. The van der Waals surface area contributed by atoms with Gasteiger partial charge in [0, 0.05) is 0 Å². The number of aliphatic hydroxyl groups is 2. The zero-order valence-corrected chi connectivity index (χ0v) is 10.8. The first-order valence-corrected chi connectivity index (χ1v) is 5.77. The van der Waals surface area contributed by atoms with Crippen molar-refractivity contribution in [2.24, 2.45) is 0 Å². The van der Waals surface area contributed by atoms with E-state index >= 15 is 0 Å². The Morgan fingerprint density at radius 3 is 2.56 bits per heavy atom. The Kier molecular flexibility index (Phi) is 5.40. The molecule has 1 aromatic rings. The molecule has 0 saturated heterocycles. The van der Waals surface area contributed by atoms with E-state index in [1.165, 1.54) is 32.4 Å². The van der Waals surface area contributed by atoms with Gasteiger partial charge in [-0.1, -0.05) is 6.07 Å². The average Bonchev–Trinajstić information content (AvgIpc) is 2.43. The zero-order valence-electron chi connectivity index (χ0n) is 10.1. The number of hydrogen-bond acceptors (Lipinski definition) is 5. The van der Waals surface area contributed by atoms with Crippen molar-refractivity contribution in [2.45, 2.75) is 12.2 Å². The van der Waals surface area contributed by atoms with Gasteiger partial charge < -0.3 is 19.7 Å². The van der Waals surface area contributed by atoms with Crippen LogP contribution in [0.15, 0.2) is 18.2 Å². The van der Waals surface area contributed by atoms with E-state index in [1.807, 2.05) is 0 Å². The number of ether oxygens (including phenoxy) is 2. The van der Waals surface area contributed by atoms with Gasteiger partial charge in [-0.05, 0) is 17.7 Å². The first kappa shape index (κ1) is 14.8. The Hall–Kier alpha value is -1.30. The number of carbonyl (C=O) groups excluding carboxylic acids is 1. The van der Waals surface area contributed by atoms with Gasteiger partial charge in [0.15, 0.2) is 0 Å². The fourth-order valence-corrected chi connectivity index (χ4v) is 1.65. The van der Waals surface area contributed by atoms with Crippen LogP contribution < -0.4 is 4.74 Å². The summed E-state index contributed by atoms with van der Waals surface area (Å²) in [6.07, 6.45) is -2.22. The third-order valence-corrected chi connectivity index (χ3v) is 2.81. The molecule has 0 aliphatic rings. The van der Waals surface area contributed by atoms with Gasteiger partial charge in [-0.3, -0.25) is 0 Å². The molecule has 0 aromatic heterocycles. The van der Waals surface area contributed by atoms with Crippen LogP contribution in [-0.2, 0) is 4.74 Å². The summed E-state index contributed by atoms with van der Waals surface area (Å²) in [7, 11) is 2.66. The summed E-state index contributed by atoms with van der Waals surface area (Å²) in [5.41, 5.74) is 0.656. The number of rotatable bonds is 5. The lowest BCUT2D eigenvalue weighted by Gasteiger charge is -2.17. The van der Waals surface area contributed by atoms with Crippen LogP contribution in [0.3, 0.4) is 0 Å². The van der Waals surface area contributed by atoms with Crippen LogP contribution in [0.5, 0.6) is 5.75 Å². The van der Waals surface area contributed by atoms with Gasteiger partial charge in [-0.25, -0.2) is 4.79 Å². The molecule has 0 spiro atoms. The molecule has 0 radical (unpaired) electrons. The standard InChI is InChI=1S/C12H15ClO5/c1-17-10-5-7(11(15)9(14)6-13)3-4-8(10)12(16)18-2/h3-5,9,11,14-15H,6H2,1-2H3. The van der Waals surface area contributed by atoms with E-state index in [0.717, 1.165) is 0 Å². The van der Waals surface area contributed by atoms with Crippen LogP contribution in [0.1, 0.15) is 22.0 Å². The van der Waals surface area contributed by atoms with Gasteiger partial charge in [0.2, 0.25) is 0 Å². The molecule has 2 atom stereocenters. The number of halogens is 1. The van der Waals surface area contributed by atoms with Crippen molar-refractivity contribution < 1.29 is 24.5 Å². The molecule has 100 valence electrons. The minimum atomic E-state index is -1.14. The van der Waals surface area contributed by atoms with Crippen molar-refractivity contribution >= 4 is 17.6 Å². The molecule has 0 aliphatic carbocycles. The predicted molar refractivity (Wildman–Crippen MR) is 66.0 cm³/mol. The van der Waals surface area contributed by atoms with Gasteiger partial charge >= 0.3 is 5.97 Å². The van der Waals surface area contributed by atoms with Crippen molar-refractivity contribution in [1.29, 1.82) is 0 Å². The number of benzene rings is 1. The molecule has 0 saturated carbocycles. The Bertz CT molecular complexity index is 421. The number of esters is 1. The van der Waals surface area contributed by atoms with Gasteiger partial charge in [0.25, 0.3) is 0 Å². The van der Waals surface area contributed by atoms with Gasteiger partial charge in [0.05, 0.1) is 26.2 Å². The van der Waals surface area contributed by atoms with Gasteiger partial charge in [-0.2, -0.15) is 0 Å². The fraction of sp³-hybridized carbons (Fsp3) is 0.417. The number of alkyl halides is 1. The van der Waals surface area contributed by atoms with Crippen molar-refractivity contribution in [3.63, 3.8) is 0 Å². The summed E-state index contributed by atoms with van der Waals surface area (Å²) in [6, 6.07) is 4.44. The van der Waals surface area contributed by atoms with E-state index in [1.54, 1.807) is 0 Å². The van der Waals surface area contributed by atoms with E-state index < -0.39 is 18.2 Å². The van der Waals surface area contributed by atoms with E-state index in [2.05, 4.69) is 4.74 Å². The average molecular weight is 275 g/mol. The predicted octanol–water partition coefficient (Wildman–Crippen LogP) is 1.11. The fourth-order valence-electron chi connectivity index (χ4n) is 1.48. The van der Waals surface area contributed by atoms with Crippen molar-refractivity contribution in [1.82, 2.24) is 0 Å². The third kappa shape index (κ3) is 3.13. The Balaban J connectivity index is 3.09. The van der Waals surface area contributed by atoms with Crippen LogP contribution in [0.25, 0.3) is 0 Å². The summed E-state index contributed by atoms with van der Waals surface area (Å²) in [4.78, 5) is 11.4. The van der Waals surface area contributed by atoms with Crippen LogP contribution in [0.4, 0.5) is 0 Å². The Morgan fingerprint density at radius 2 is 2.06 bits per heavy atom. The molecular weight excluding hydrogens is 260 g/mol. The van der Waals surface area contributed by atoms with Crippen LogP contribution in [0.2, 0.25) is 0 Å². The molecule has 0 fully saturated rings. The largest absolute Gasteiger partial charge is 0.496 e. The molecule has 18 heavy (non-hydrogen) atoms. The smallest absolute Gasteiger partial charge is 0.341 e. The van der Waals surface area contributed by atoms with Gasteiger partial charge in [0.1, 0.15) is 17.4 Å². The van der Waals surface area contributed by atoms with Crippen molar-refractivity contribution in [3.05, 3.63) is 29.3 Å². The lowest BCUT2D eigenvalue weighted by molar-refractivity contribution is 0.0325. The molecular formula is C12H15ClO5. The molecule has 0 amide bonds. The van der Waals surface area contributed by atoms with Crippen LogP contribution in [0, 0.1) is 0 Å². The normalized spacial score (nSPS) is 13.8. The highest BCUT2D eigenvalue weighted by molar-refractivity contribution is 6.18. The molecule has 2 N–H and O–H groups in total. The van der Waals surface area contributed by atoms with E-state index in [9.17, 15) is 15.0 Å². The van der Waals surface area contributed by atoms with Crippen LogP contribution >= 0.6 is 11.6 Å². The quantitative estimate of drug-likeness (QED) is 0.621. The van der Waals surface area contributed by atoms with E-state index in [4.69, 9.17) is 16.3 Å². The number of carbonyl (C=O) groups is 1. The maximum atomic E-state index is 11.4. The molecule has 0 aliphatic heterocycles. The summed E-state index contributed by atoms with van der Waals surface area (Å²) in [6.45, 7) is 0. The molecule has 1 rings (SSSR count). The highest BCUT2D eigenvalue weighted by atomic mass is 35.5. The first-order chi connectivity index (χ1) is 8.54. The minimum Gasteiger partial charge on any atom is -0.496 e. The lowest BCUT2D eigenvalue weighted by atomic mass is 10.0. The highest BCUT2D eigenvalue weighted by Gasteiger charge is 2.20. The lowest BCUT2D eigenvalue weighted by Crippen LogP contribution is -2.20. The van der Waals surface area contributed by atoms with E-state index in [-0.39, 0.29) is 17.2 Å². The SMILES string of the molecule is COC(=O)c1ccc(C(O)C(O)CCl)cc1OC. The van der Waals surface area contributed by atoms with Crippen LogP contribution in [-0.4, -0.2) is 42.4 Å². The first-order valence-electron chi connectivity index (χ1n) is 5.23. The summed E-state index contributed by atoms with van der Waals surface area (Å²) < 4.78 is 9.64. The third-order valence-electron chi connectivity index (χ3n) is 2.49. The Morgan fingerprint density at radius 1 is 1.39 bits per heavy atom. The second-order valence-electron chi connectivity index (χ2n) is 3.62. The monoisotopic (exact) mass is 274 g/mol. The van der Waals surface area contributed by atoms with E-state index in [0.29, 0.717) is 5.56 Å². The Labute approximate surface area is 110 Å². The minimum absolute atomic E-state index is 0.0950. The zero-order chi connectivity index (χ0) is 13.7. The van der Waals surface area contributed by atoms with Gasteiger partial charge in [-0.15, -0.1) is 11.6 Å². The molecule has 1 aromatic carbocycles. The number of hydrogen-bond donors (Lipinski definition) is 2. The van der Waals surface area contributed by atoms with Crippen molar-refractivity contribution in [3.8, 4) is 5.75 Å². The topological polar surface area (TPSA) is 76.0 Å². The maximum absolute atomic E-state index is 11.4. The molecule has 2 unspecified atom stereocenters. The molecule has 5 nitrogen and oxygen atoms in total.